The van der Waals surface area contributed by atoms with Crippen LogP contribution in [0.4, 0.5) is 0 Å². The SMILES string of the molecule is c1ccc(-c2cccc(-c3cc(-c4ccc(-c5c6ccccc6c(-c6ccc(-c7ccc(-c8ccccn8)nc7)cc6)c6ccccc56)cc4)nc(-c4ccccc4)n3)c2)cc1. The highest BCUT2D eigenvalue weighted by Gasteiger charge is 2.18. The summed E-state index contributed by atoms with van der Waals surface area (Å²) in [5.74, 6) is 0.697. The van der Waals surface area contributed by atoms with E-state index in [1.807, 2.05) is 54.7 Å². The van der Waals surface area contributed by atoms with Gasteiger partial charge in [-0.3, -0.25) is 9.97 Å². The van der Waals surface area contributed by atoms with Crippen molar-refractivity contribution < 1.29 is 0 Å². The lowest BCUT2D eigenvalue weighted by Gasteiger charge is -2.18. The van der Waals surface area contributed by atoms with E-state index in [2.05, 4.69) is 175 Å². The van der Waals surface area contributed by atoms with Crippen LogP contribution in [0.15, 0.2) is 231 Å². The number of nitrogens with zero attached hydrogens (tertiary/aromatic N) is 4. The molecule has 0 saturated heterocycles. The van der Waals surface area contributed by atoms with Crippen LogP contribution < -0.4 is 0 Å². The zero-order valence-corrected chi connectivity index (χ0v) is 33.7. The standard InChI is InChI=1S/C58H38N4/c1-3-14-39(15-4-1)45-18-13-19-46(36-45)55-37-54(61-58(62-55)44-16-5-2-6-17-44)41-27-31-43(32-28-41)57-50-22-9-7-20-48(50)56(49-21-8-10-23-51(49)57)42-29-25-40(26-30-42)47-33-34-53(60-38-47)52-24-11-12-35-59-52/h1-38H. The van der Waals surface area contributed by atoms with Crippen molar-refractivity contribution in [2.24, 2.45) is 0 Å². The second-order valence-corrected chi connectivity index (χ2v) is 15.4. The van der Waals surface area contributed by atoms with Gasteiger partial charge in [0, 0.05) is 34.6 Å². The molecule has 0 radical (unpaired) electrons. The molecule has 8 aromatic carbocycles. The summed E-state index contributed by atoms with van der Waals surface area (Å²) in [4.78, 5) is 19.5. The van der Waals surface area contributed by atoms with Gasteiger partial charge in [-0.1, -0.05) is 188 Å². The van der Waals surface area contributed by atoms with Crippen molar-refractivity contribution in [1.29, 1.82) is 0 Å². The second kappa shape index (κ2) is 16.0. The monoisotopic (exact) mass is 790 g/mol. The molecule has 4 nitrogen and oxygen atoms in total. The first-order valence-corrected chi connectivity index (χ1v) is 20.9. The first-order chi connectivity index (χ1) is 30.7. The molecule has 11 aromatic rings. The third-order valence-corrected chi connectivity index (χ3v) is 11.6. The average molecular weight is 791 g/mol. The quantitative estimate of drug-likeness (QED) is 0.144. The van der Waals surface area contributed by atoms with Crippen LogP contribution in [0.2, 0.25) is 0 Å². The molecule has 0 aliphatic rings. The second-order valence-electron chi connectivity index (χ2n) is 15.4. The van der Waals surface area contributed by atoms with Gasteiger partial charge in [0.15, 0.2) is 5.82 Å². The summed E-state index contributed by atoms with van der Waals surface area (Å²) in [5, 5.41) is 4.85. The van der Waals surface area contributed by atoms with Gasteiger partial charge < -0.3 is 0 Å². The molecular weight excluding hydrogens is 753 g/mol. The molecule has 0 fully saturated rings. The van der Waals surface area contributed by atoms with Gasteiger partial charge in [0.05, 0.1) is 22.8 Å². The number of fused-ring (bicyclic) bond motifs is 2. The molecule has 0 aliphatic carbocycles. The fourth-order valence-electron chi connectivity index (χ4n) is 8.57. The molecule has 0 N–H and O–H groups in total. The predicted octanol–water partition coefficient (Wildman–Crippen LogP) is 14.9. The molecular formula is C58H38N4. The van der Waals surface area contributed by atoms with Gasteiger partial charge in [0.25, 0.3) is 0 Å². The molecule has 0 unspecified atom stereocenters. The predicted molar refractivity (Wildman–Crippen MR) is 256 cm³/mol. The minimum Gasteiger partial charge on any atom is -0.255 e. The van der Waals surface area contributed by atoms with E-state index in [-0.39, 0.29) is 0 Å². The Balaban J connectivity index is 0.975. The third-order valence-electron chi connectivity index (χ3n) is 11.6. The first kappa shape index (κ1) is 36.7. The van der Waals surface area contributed by atoms with Gasteiger partial charge in [0.1, 0.15) is 0 Å². The molecule has 62 heavy (non-hydrogen) atoms. The van der Waals surface area contributed by atoms with Crippen molar-refractivity contribution in [3.8, 4) is 89.8 Å². The van der Waals surface area contributed by atoms with E-state index in [0.717, 1.165) is 61.7 Å². The van der Waals surface area contributed by atoms with E-state index in [1.165, 1.54) is 43.8 Å². The van der Waals surface area contributed by atoms with Crippen molar-refractivity contribution in [2.45, 2.75) is 0 Å². The highest BCUT2D eigenvalue weighted by atomic mass is 14.9. The Labute approximate surface area is 360 Å². The first-order valence-electron chi connectivity index (χ1n) is 20.9. The Morgan fingerprint density at radius 2 is 0.694 bits per heavy atom. The molecule has 0 bridgehead atoms. The number of hydrogen-bond donors (Lipinski definition) is 0. The molecule has 0 spiro atoms. The number of pyridine rings is 2. The van der Waals surface area contributed by atoms with Crippen LogP contribution >= 0.6 is 0 Å². The number of hydrogen-bond acceptors (Lipinski definition) is 4. The van der Waals surface area contributed by atoms with E-state index in [1.54, 1.807) is 6.20 Å². The molecule has 3 aromatic heterocycles. The summed E-state index contributed by atoms with van der Waals surface area (Å²) >= 11 is 0. The van der Waals surface area contributed by atoms with E-state index in [0.29, 0.717) is 5.82 Å². The molecule has 0 atom stereocenters. The smallest absolute Gasteiger partial charge is 0.160 e. The van der Waals surface area contributed by atoms with E-state index in [4.69, 9.17) is 15.0 Å². The molecule has 4 heteroatoms. The normalized spacial score (nSPS) is 11.2. The fraction of sp³-hybridized carbons (Fsp3) is 0. The lowest BCUT2D eigenvalue weighted by molar-refractivity contribution is 1.18. The van der Waals surface area contributed by atoms with E-state index in [9.17, 15) is 0 Å². The summed E-state index contributed by atoms with van der Waals surface area (Å²) in [6.07, 6.45) is 3.73. The van der Waals surface area contributed by atoms with Crippen LogP contribution in [-0.2, 0) is 0 Å². The Morgan fingerprint density at radius 3 is 1.26 bits per heavy atom. The minimum atomic E-state index is 0.697. The van der Waals surface area contributed by atoms with Crippen LogP contribution in [0.1, 0.15) is 0 Å². The van der Waals surface area contributed by atoms with E-state index < -0.39 is 0 Å². The van der Waals surface area contributed by atoms with Gasteiger partial charge in [0.2, 0.25) is 0 Å². The highest BCUT2D eigenvalue weighted by molar-refractivity contribution is 6.21. The summed E-state index contributed by atoms with van der Waals surface area (Å²) in [5.41, 5.74) is 15.8. The fourth-order valence-corrected chi connectivity index (χ4v) is 8.57. The van der Waals surface area contributed by atoms with Crippen LogP contribution in [0.25, 0.3) is 111 Å². The topological polar surface area (TPSA) is 51.6 Å². The maximum atomic E-state index is 5.15. The van der Waals surface area contributed by atoms with Crippen molar-refractivity contribution >= 4 is 21.5 Å². The van der Waals surface area contributed by atoms with Crippen molar-refractivity contribution in [3.05, 3.63) is 231 Å². The average Bonchev–Trinajstić information content (AvgIpc) is 3.36. The third kappa shape index (κ3) is 7.00. The molecule has 0 aliphatic heterocycles. The molecule has 0 saturated carbocycles. The van der Waals surface area contributed by atoms with Crippen molar-refractivity contribution in [1.82, 2.24) is 19.9 Å². The van der Waals surface area contributed by atoms with E-state index >= 15 is 0 Å². The lowest BCUT2D eigenvalue weighted by atomic mass is 9.85. The lowest BCUT2D eigenvalue weighted by Crippen LogP contribution is -1.96. The summed E-state index contributed by atoms with van der Waals surface area (Å²) in [7, 11) is 0. The maximum Gasteiger partial charge on any atom is 0.160 e. The van der Waals surface area contributed by atoms with Crippen LogP contribution in [0.5, 0.6) is 0 Å². The van der Waals surface area contributed by atoms with Gasteiger partial charge in [-0.2, -0.15) is 0 Å². The number of aromatic nitrogens is 4. The Kier molecular flexibility index (Phi) is 9.49. The largest absolute Gasteiger partial charge is 0.255 e. The highest BCUT2D eigenvalue weighted by Crippen LogP contribution is 2.44. The molecule has 290 valence electrons. The summed E-state index contributed by atoms with van der Waals surface area (Å²) < 4.78 is 0. The van der Waals surface area contributed by atoms with Gasteiger partial charge >= 0.3 is 0 Å². The zero-order valence-electron chi connectivity index (χ0n) is 33.7. The van der Waals surface area contributed by atoms with Crippen LogP contribution in [-0.4, -0.2) is 19.9 Å². The molecule has 3 heterocycles. The molecule has 0 amide bonds. The number of rotatable bonds is 8. The Hall–Kier alpha value is -8.34. The van der Waals surface area contributed by atoms with Crippen molar-refractivity contribution in [3.63, 3.8) is 0 Å². The van der Waals surface area contributed by atoms with Crippen LogP contribution in [0, 0.1) is 0 Å². The van der Waals surface area contributed by atoms with Crippen LogP contribution in [0.3, 0.4) is 0 Å². The van der Waals surface area contributed by atoms with Gasteiger partial charge in [-0.05, 0) is 90.8 Å². The van der Waals surface area contributed by atoms with Gasteiger partial charge in [-0.25, -0.2) is 9.97 Å². The summed E-state index contributed by atoms with van der Waals surface area (Å²) in [6, 6.07) is 76.8. The van der Waals surface area contributed by atoms with Gasteiger partial charge in [-0.15, -0.1) is 0 Å². The Bertz CT molecular complexity index is 3290. The molecule has 11 rings (SSSR count). The Morgan fingerprint density at radius 1 is 0.242 bits per heavy atom. The minimum absolute atomic E-state index is 0.697. The summed E-state index contributed by atoms with van der Waals surface area (Å²) in [6.45, 7) is 0. The number of benzene rings is 8. The maximum absolute atomic E-state index is 5.15. The zero-order chi connectivity index (χ0) is 41.2. The van der Waals surface area contributed by atoms with Crippen molar-refractivity contribution in [2.75, 3.05) is 0 Å².